The molecule has 2 aromatic carbocycles. The van der Waals surface area contributed by atoms with Gasteiger partial charge in [0.25, 0.3) is 11.8 Å². The lowest BCUT2D eigenvalue weighted by atomic mass is 10.0. The minimum absolute atomic E-state index is 0.0267. The summed E-state index contributed by atoms with van der Waals surface area (Å²) in [6.07, 6.45) is 1.35. The molecule has 2 amide bonds. The normalized spacial score (nSPS) is 16.2. The molecule has 0 aromatic heterocycles. The highest BCUT2D eigenvalue weighted by Crippen LogP contribution is 2.27. The predicted molar refractivity (Wildman–Crippen MR) is 108 cm³/mol. The molecule has 2 N–H and O–H groups in total. The number of halogens is 1. The molecule has 0 aliphatic carbocycles. The Morgan fingerprint density at radius 3 is 2.54 bits per heavy atom. The van der Waals surface area contributed by atoms with Crippen molar-refractivity contribution in [2.24, 2.45) is 0 Å². The number of anilines is 1. The van der Waals surface area contributed by atoms with Crippen LogP contribution in [0.3, 0.4) is 0 Å². The van der Waals surface area contributed by atoms with E-state index in [9.17, 15) is 14.7 Å². The van der Waals surface area contributed by atoms with E-state index in [-0.39, 0.29) is 16.4 Å². The number of nitrogens with zero attached hydrogens (tertiary/aromatic N) is 1. The van der Waals surface area contributed by atoms with Gasteiger partial charge in [-0.25, -0.2) is 0 Å². The summed E-state index contributed by atoms with van der Waals surface area (Å²) in [5, 5.41) is 12.6. The van der Waals surface area contributed by atoms with Crippen LogP contribution in [0, 0.1) is 13.8 Å². The standard InChI is InChI=1S/C19H15BrN2O3S/c1-10-3-5-14(7-11(10)2)22-18(25)15(17(24)21-19(22)26)9-12-8-13(20)4-6-16(12)23/h3-9,23H,1-2H3,(H,21,24,26)/b15-9+. The number of hydrogen-bond donors (Lipinski definition) is 2. The Hall–Kier alpha value is -2.51. The second-order valence-corrected chi connectivity index (χ2v) is 7.23. The Morgan fingerprint density at radius 1 is 1.12 bits per heavy atom. The van der Waals surface area contributed by atoms with Crippen molar-refractivity contribution >= 4 is 56.8 Å². The minimum Gasteiger partial charge on any atom is -0.507 e. The van der Waals surface area contributed by atoms with Gasteiger partial charge in [0.2, 0.25) is 0 Å². The fourth-order valence-corrected chi connectivity index (χ4v) is 3.21. The van der Waals surface area contributed by atoms with E-state index in [4.69, 9.17) is 12.2 Å². The van der Waals surface area contributed by atoms with Crippen LogP contribution < -0.4 is 10.2 Å². The predicted octanol–water partition coefficient (Wildman–Crippen LogP) is 3.60. The zero-order valence-corrected chi connectivity index (χ0v) is 16.4. The van der Waals surface area contributed by atoms with Gasteiger partial charge in [-0.1, -0.05) is 22.0 Å². The number of carbonyl (C=O) groups excluding carboxylic acids is 2. The minimum atomic E-state index is -0.598. The Bertz CT molecular complexity index is 985. The molecular formula is C19H15BrN2O3S. The molecule has 0 spiro atoms. The molecule has 7 heteroatoms. The van der Waals surface area contributed by atoms with Gasteiger partial charge in [-0.15, -0.1) is 0 Å². The van der Waals surface area contributed by atoms with Crippen LogP contribution in [0.15, 0.2) is 46.4 Å². The van der Waals surface area contributed by atoms with Gasteiger partial charge in [-0.2, -0.15) is 0 Å². The molecule has 0 atom stereocenters. The van der Waals surface area contributed by atoms with Gasteiger partial charge < -0.3 is 5.11 Å². The van der Waals surface area contributed by atoms with E-state index in [1.807, 2.05) is 26.0 Å². The van der Waals surface area contributed by atoms with Gasteiger partial charge in [0.15, 0.2) is 5.11 Å². The van der Waals surface area contributed by atoms with Gasteiger partial charge in [-0.05, 0) is 73.6 Å². The molecule has 2 aromatic rings. The molecule has 1 aliphatic rings. The van der Waals surface area contributed by atoms with Crippen molar-refractivity contribution in [3.63, 3.8) is 0 Å². The summed E-state index contributed by atoms with van der Waals surface area (Å²) >= 11 is 8.50. The molecule has 1 heterocycles. The average molecular weight is 431 g/mol. The van der Waals surface area contributed by atoms with E-state index in [1.165, 1.54) is 17.0 Å². The molecule has 0 saturated carbocycles. The first-order valence-corrected chi connectivity index (χ1v) is 8.95. The van der Waals surface area contributed by atoms with Gasteiger partial charge in [0.05, 0.1) is 5.69 Å². The zero-order chi connectivity index (χ0) is 19.0. The molecule has 0 bridgehead atoms. The summed E-state index contributed by atoms with van der Waals surface area (Å²) in [5.74, 6) is -1.17. The summed E-state index contributed by atoms with van der Waals surface area (Å²) in [5.41, 5.74) is 2.91. The number of phenolic OH excluding ortho intramolecular Hbond substituents is 1. The first-order valence-electron chi connectivity index (χ1n) is 7.75. The third-order valence-electron chi connectivity index (χ3n) is 4.14. The van der Waals surface area contributed by atoms with Crippen LogP contribution >= 0.6 is 28.1 Å². The second-order valence-electron chi connectivity index (χ2n) is 5.93. The molecule has 0 unspecified atom stereocenters. The summed E-state index contributed by atoms with van der Waals surface area (Å²) in [7, 11) is 0. The monoisotopic (exact) mass is 430 g/mol. The van der Waals surface area contributed by atoms with Crippen molar-refractivity contribution in [3.8, 4) is 5.75 Å². The quantitative estimate of drug-likeness (QED) is 0.433. The van der Waals surface area contributed by atoms with E-state index in [2.05, 4.69) is 21.2 Å². The van der Waals surface area contributed by atoms with Crippen molar-refractivity contribution < 1.29 is 14.7 Å². The molecule has 1 fully saturated rings. The number of aromatic hydroxyl groups is 1. The molecule has 26 heavy (non-hydrogen) atoms. The van der Waals surface area contributed by atoms with Gasteiger partial charge >= 0.3 is 0 Å². The summed E-state index contributed by atoms with van der Waals surface area (Å²) < 4.78 is 0.715. The van der Waals surface area contributed by atoms with Crippen molar-refractivity contribution in [2.75, 3.05) is 4.90 Å². The zero-order valence-electron chi connectivity index (χ0n) is 14.0. The summed E-state index contributed by atoms with van der Waals surface area (Å²) in [6, 6.07) is 10.3. The number of hydrogen-bond acceptors (Lipinski definition) is 4. The van der Waals surface area contributed by atoms with Crippen LogP contribution in [-0.4, -0.2) is 22.0 Å². The van der Waals surface area contributed by atoms with Gasteiger partial charge in [0.1, 0.15) is 11.3 Å². The van der Waals surface area contributed by atoms with Gasteiger partial charge in [-0.3, -0.25) is 19.8 Å². The number of aryl methyl sites for hydroxylation is 2. The summed E-state index contributed by atoms with van der Waals surface area (Å²) in [6.45, 7) is 3.91. The lowest BCUT2D eigenvalue weighted by Crippen LogP contribution is -2.54. The Labute approximate surface area is 164 Å². The lowest BCUT2D eigenvalue weighted by molar-refractivity contribution is -0.122. The number of carbonyl (C=O) groups is 2. The highest BCUT2D eigenvalue weighted by atomic mass is 79.9. The van der Waals surface area contributed by atoms with Crippen molar-refractivity contribution in [1.29, 1.82) is 0 Å². The Kier molecular flexibility index (Phi) is 4.93. The topological polar surface area (TPSA) is 69.6 Å². The lowest BCUT2D eigenvalue weighted by Gasteiger charge is -2.29. The molecule has 132 valence electrons. The van der Waals surface area contributed by atoms with Crippen molar-refractivity contribution in [3.05, 3.63) is 63.1 Å². The number of phenols is 1. The molecular weight excluding hydrogens is 416 g/mol. The molecule has 1 saturated heterocycles. The Balaban J connectivity index is 2.07. The fourth-order valence-electron chi connectivity index (χ4n) is 2.55. The third-order valence-corrected chi connectivity index (χ3v) is 4.92. The smallest absolute Gasteiger partial charge is 0.270 e. The highest BCUT2D eigenvalue weighted by molar-refractivity contribution is 9.10. The molecule has 3 rings (SSSR count). The van der Waals surface area contributed by atoms with Gasteiger partial charge in [0, 0.05) is 10.0 Å². The van der Waals surface area contributed by atoms with E-state index >= 15 is 0 Å². The van der Waals surface area contributed by atoms with Crippen molar-refractivity contribution in [1.82, 2.24) is 5.32 Å². The number of nitrogens with one attached hydrogen (secondary N) is 1. The third kappa shape index (κ3) is 3.40. The second kappa shape index (κ2) is 7.01. The van der Waals surface area contributed by atoms with E-state index in [0.29, 0.717) is 15.7 Å². The number of amides is 2. The number of rotatable bonds is 2. The highest BCUT2D eigenvalue weighted by Gasteiger charge is 2.34. The van der Waals surface area contributed by atoms with E-state index in [1.54, 1.807) is 18.2 Å². The van der Waals surface area contributed by atoms with Crippen LogP contribution in [0.2, 0.25) is 0 Å². The van der Waals surface area contributed by atoms with E-state index in [0.717, 1.165) is 11.1 Å². The first-order chi connectivity index (χ1) is 12.3. The largest absolute Gasteiger partial charge is 0.507 e. The first kappa shape index (κ1) is 18.3. The maximum Gasteiger partial charge on any atom is 0.270 e. The molecule has 5 nitrogen and oxygen atoms in total. The number of benzene rings is 2. The van der Waals surface area contributed by atoms with Crippen LogP contribution in [0.5, 0.6) is 5.75 Å². The summed E-state index contributed by atoms with van der Waals surface area (Å²) in [4.78, 5) is 26.5. The fraction of sp³-hybridized carbons (Fsp3) is 0.105. The van der Waals surface area contributed by atoms with E-state index < -0.39 is 11.8 Å². The average Bonchev–Trinajstić information content (AvgIpc) is 2.57. The maximum absolute atomic E-state index is 13.0. The van der Waals surface area contributed by atoms with Crippen LogP contribution in [-0.2, 0) is 9.59 Å². The molecule has 0 radical (unpaired) electrons. The SMILES string of the molecule is Cc1ccc(N2C(=O)/C(=C/c3cc(Br)ccc3O)C(=O)NC2=S)cc1C. The van der Waals surface area contributed by atoms with Crippen LogP contribution in [0.4, 0.5) is 5.69 Å². The molecule has 1 aliphatic heterocycles. The number of thiocarbonyl (C=S) groups is 1. The van der Waals surface area contributed by atoms with Crippen LogP contribution in [0.1, 0.15) is 16.7 Å². The van der Waals surface area contributed by atoms with Crippen molar-refractivity contribution in [2.45, 2.75) is 13.8 Å². The maximum atomic E-state index is 13.0. The van der Waals surface area contributed by atoms with Crippen LogP contribution in [0.25, 0.3) is 6.08 Å². The Morgan fingerprint density at radius 2 is 1.85 bits per heavy atom.